The van der Waals surface area contributed by atoms with Crippen LogP contribution in [0.1, 0.15) is 27.8 Å². The van der Waals surface area contributed by atoms with Crippen LogP contribution in [0.5, 0.6) is 0 Å². The van der Waals surface area contributed by atoms with Gasteiger partial charge in [0.1, 0.15) is 0 Å². The largest absolute Gasteiger partial charge is 0.280 e. The van der Waals surface area contributed by atoms with Crippen LogP contribution < -0.4 is 4.72 Å². The van der Waals surface area contributed by atoms with Crippen molar-refractivity contribution in [2.45, 2.75) is 38.6 Å². The van der Waals surface area contributed by atoms with Gasteiger partial charge in [0.2, 0.25) is 10.0 Å². The van der Waals surface area contributed by atoms with E-state index in [0.717, 1.165) is 22.3 Å². The Kier molecular flexibility index (Phi) is 5.09. The molecule has 0 saturated heterocycles. The molecule has 0 atom stereocenters. The van der Waals surface area contributed by atoms with E-state index < -0.39 is 20.0 Å². The second-order valence-corrected chi connectivity index (χ2v) is 10.8. The van der Waals surface area contributed by atoms with E-state index in [0.29, 0.717) is 24.2 Å². The predicted octanol–water partition coefficient (Wildman–Crippen LogP) is 2.73. The van der Waals surface area contributed by atoms with Crippen LogP contribution in [0.4, 0.5) is 5.69 Å². The number of anilines is 1. The van der Waals surface area contributed by atoms with Crippen molar-refractivity contribution in [2.75, 3.05) is 17.5 Å². The summed E-state index contributed by atoms with van der Waals surface area (Å²) in [6.07, 6.45) is 1.80. The van der Waals surface area contributed by atoms with Crippen LogP contribution in [0.15, 0.2) is 35.2 Å². The van der Waals surface area contributed by atoms with Gasteiger partial charge in [-0.25, -0.2) is 16.8 Å². The van der Waals surface area contributed by atoms with Crippen molar-refractivity contribution in [2.24, 2.45) is 0 Å². The first-order valence-corrected chi connectivity index (χ1v) is 12.0. The lowest BCUT2D eigenvalue weighted by Crippen LogP contribution is -2.35. The van der Waals surface area contributed by atoms with Crippen molar-refractivity contribution < 1.29 is 16.8 Å². The Morgan fingerprint density at radius 1 is 0.889 bits per heavy atom. The predicted molar refractivity (Wildman–Crippen MR) is 107 cm³/mol. The number of hydrogen-bond acceptors (Lipinski definition) is 4. The summed E-state index contributed by atoms with van der Waals surface area (Å²) in [6.45, 7) is 6.30. The minimum absolute atomic E-state index is 0.251. The fraction of sp³-hybridized carbons (Fsp3) is 0.368. The Morgan fingerprint density at radius 3 is 2.22 bits per heavy atom. The molecule has 8 heteroatoms. The van der Waals surface area contributed by atoms with Gasteiger partial charge in [-0.05, 0) is 73.2 Å². The molecular weight excluding hydrogens is 384 g/mol. The van der Waals surface area contributed by atoms with Crippen LogP contribution in [-0.2, 0) is 33.0 Å². The molecule has 1 aliphatic rings. The zero-order valence-corrected chi connectivity index (χ0v) is 17.5. The summed E-state index contributed by atoms with van der Waals surface area (Å²) in [5.41, 5.74) is 4.94. The van der Waals surface area contributed by atoms with Gasteiger partial charge in [0.15, 0.2) is 0 Å². The number of benzene rings is 2. The lowest BCUT2D eigenvalue weighted by atomic mass is 10.0. The SMILES string of the molecule is Cc1cc(C)c(S(=O)(=O)Nc2ccc3c(c2)CN(S(C)(=O)=O)CC3)cc1C. The van der Waals surface area contributed by atoms with E-state index in [1.165, 1.54) is 10.6 Å². The van der Waals surface area contributed by atoms with Crippen LogP contribution in [0.3, 0.4) is 0 Å². The molecule has 0 bridgehead atoms. The number of rotatable bonds is 4. The Balaban J connectivity index is 1.92. The average Bonchev–Trinajstić information content (AvgIpc) is 2.56. The topological polar surface area (TPSA) is 83.6 Å². The van der Waals surface area contributed by atoms with Crippen molar-refractivity contribution in [3.63, 3.8) is 0 Å². The third kappa shape index (κ3) is 4.17. The third-order valence-electron chi connectivity index (χ3n) is 4.99. The van der Waals surface area contributed by atoms with Crippen LogP contribution >= 0.6 is 0 Å². The van der Waals surface area contributed by atoms with Crippen molar-refractivity contribution >= 4 is 25.7 Å². The first kappa shape index (κ1) is 19.9. The summed E-state index contributed by atoms with van der Waals surface area (Å²) in [7, 11) is -7.01. The first-order valence-electron chi connectivity index (χ1n) is 8.65. The molecule has 3 rings (SSSR count). The second-order valence-electron chi connectivity index (χ2n) is 7.14. The van der Waals surface area contributed by atoms with E-state index >= 15 is 0 Å². The Hall–Kier alpha value is -1.90. The Morgan fingerprint density at radius 2 is 1.56 bits per heavy atom. The van der Waals surface area contributed by atoms with Crippen molar-refractivity contribution in [1.29, 1.82) is 0 Å². The average molecular weight is 409 g/mol. The van der Waals surface area contributed by atoms with Crippen LogP contribution in [0.2, 0.25) is 0 Å². The van der Waals surface area contributed by atoms with Gasteiger partial charge < -0.3 is 0 Å². The summed E-state index contributed by atoms with van der Waals surface area (Å²) in [5.74, 6) is 0. The molecule has 1 heterocycles. The Bertz CT molecular complexity index is 1110. The van der Waals surface area contributed by atoms with Gasteiger partial charge in [0.05, 0.1) is 11.2 Å². The molecule has 1 N–H and O–H groups in total. The summed E-state index contributed by atoms with van der Waals surface area (Å²) in [4.78, 5) is 0.251. The number of sulfonamides is 2. The molecule has 6 nitrogen and oxygen atoms in total. The van der Waals surface area contributed by atoms with E-state index in [9.17, 15) is 16.8 Å². The molecule has 2 aromatic rings. The first-order chi connectivity index (χ1) is 12.5. The molecule has 0 spiro atoms. The normalized spacial score (nSPS) is 15.4. The molecule has 0 amide bonds. The van der Waals surface area contributed by atoms with Gasteiger partial charge in [0.25, 0.3) is 10.0 Å². The van der Waals surface area contributed by atoms with Crippen LogP contribution in [0, 0.1) is 20.8 Å². The van der Waals surface area contributed by atoms with Gasteiger partial charge >= 0.3 is 0 Å². The van der Waals surface area contributed by atoms with Gasteiger partial charge in [0, 0.05) is 18.8 Å². The van der Waals surface area contributed by atoms with Crippen LogP contribution in [0.25, 0.3) is 0 Å². The highest BCUT2D eigenvalue weighted by molar-refractivity contribution is 7.92. The van der Waals surface area contributed by atoms with Crippen molar-refractivity contribution in [1.82, 2.24) is 4.31 Å². The minimum Gasteiger partial charge on any atom is -0.280 e. The molecule has 0 aromatic heterocycles. The van der Waals surface area contributed by atoms with E-state index in [1.807, 2.05) is 26.0 Å². The number of aryl methyl sites for hydroxylation is 3. The third-order valence-corrected chi connectivity index (χ3v) is 7.76. The lowest BCUT2D eigenvalue weighted by molar-refractivity contribution is 0.395. The molecule has 27 heavy (non-hydrogen) atoms. The van der Waals surface area contributed by atoms with E-state index in [4.69, 9.17) is 0 Å². The zero-order chi connectivity index (χ0) is 20.0. The standard InChI is InChI=1S/C19H24N2O4S2/c1-13-9-15(3)19(10-14(13)2)27(24,25)20-18-6-5-16-7-8-21(26(4,22)23)12-17(16)11-18/h5-6,9-11,20H,7-8,12H2,1-4H3. The fourth-order valence-corrected chi connectivity index (χ4v) is 5.47. The van der Waals surface area contributed by atoms with Gasteiger partial charge in [-0.2, -0.15) is 4.31 Å². The number of hydrogen-bond donors (Lipinski definition) is 1. The maximum atomic E-state index is 12.9. The number of fused-ring (bicyclic) bond motifs is 1. The molecule has 2 aromatic carbocycles. The van der Waals surface area contributed by atoms with Gasteiger partial charge in [-0.15, -0.1) is 0 Å². The molecule has 0 aliphatic carbocycles. The van der Waals surface area contributed by atoms with Crippen molar-refractivity contribution in [3.05, 3.63) is 58.1 Å². The monoisotopic (exact) mass is 408 g/mol. The van der Waals surface area contributed by atoms with E-state index in [1.54, 1.807) is 25.1 Å². The fourth-order valence-electron chi connectivity index (χ4n) is 3.31. The number of nitrogens with zero attached hydrogens (tertiary/aromatic N) is 1. The molecule has 1 aliphatic heterocycles. The smallest absolute Gasteiger partial charge is 0.262 e. The summed E-state index contributed by atoms with van der Waals surface area (Å²) < 4.78 is 53.4. The lowest BCUT2D eigenvalue weighted by Gasteiger charge is -2.27. The highest BCUT2D eigenvalue weighted by atomic mass is 32.2. The molecule has 0 unspecified atom stereocenters. The Labute approximate surface area is 161 Å². The highest BCUT2D eigenvalue weighted by Crippen LogP contribution is 2.27. The van der Waals surface area contributed by atoms with E-state index in [-0.39, 0.29) is 11.4 Å². The summed E-state index contributed by atoms with van der Waals surface area (Å²) >= 11 is 0. The summed E-state index contributed by atoms with van der Waals surface area (Å²) in [5, 5.41) is 0. The molecule has 146 valence electrons. The molecular formula is C19H24N2O4S2. The second kappa shape index (κ2) is 6.92. The van der Waals surface area contributed by atoms with E-state index in [2.05, 4.69) is 4.72 Å². The van der Waals surface area contributed by atoms with Gasteiger partial charge in [-0.1, -0.05) is 12.1 Å². The number of nitrogens with one attached hydrogen (secondary N) is 1. The zero-order valence-electron chi connectivity index (χ0n) is 15.9. The maximum absolute atomic E-state index is 12.9. The minimum atomic E-state index is -3.73. The molecule has 0 fully saturated rings. The van der Waals surface area contributed by atoms with Crippen molar-refractivity contribution in [3.8, 4) is 0 Å². The maximum Gasteiger partial charge on any atom is 0.262 e. The highest BCUT2D eigenvalue weighted by Gasteiger charge is 2.24. The molecule has 0 saturated carbocycles. The molecule has 0 radical (unpaired) electrons. The quantitative estimate of drug-likeness (QED) is 0.843. The van der Waals surface area contributed by atoms with Crippen LogP contribution in [-0.4, -0.2) is 33.9 Å². The summed E-state index contributed by atoms with van der Waals surface area (Å²) in [6, 6.07) is 8.85. The van der Waals surface area contributed by atoms with Gasteiger partial charge in [-0.3, -0.25) is 4.72 Å².